The quantitative estimate of drug-likeness (QED) is 0.131. The normalized spacial score (nSPS) is 24.1. The predicted molar refractivity (Wildman–Crippen MR) is 173 cm³/mol. The zero-order valence-electron chi connectivity index (χ0n) is 26.6. The molecule has 220 valence electrons. The maximum absolute atomic E-state index is 13.6. The molecule has 0 aromatic rings. The minimum absolute atomic E-state index is 0.279. The topological polar surface area (TPSA) is 6.48 Å². The van der Waals surface area contributed by atoms with Crippen molar-refractivity contribution < 1.29 is 4.39 Å². The Morgan fingerprint density at radius 3 is 2.31 bits per heavy atom. The molecule has 3 heteroatoms. The largest absolute Gasteiger partial charge is 0.371 e. The van der Waals surface area contributed by atoms with E-state index in [1.807, 2.05) is 13.8 Å². The molecular formula is C36H59FN2. The summed E-state index contributed by atoms with van der Waals surface area (Å²) >= 11 is 0. The van der Waals surface area contributed by atoms with Crippen LogP contribution >= 0.6 is 0 Å². The maximum atomic E-state index is 13.6. The Balaban J connectivity index is 0.00000344. The zero-order valence-corrected chi connectivity index (χ0v) is 26.6. The first-order valence-corrected chi connectivity index (χ1v) is 15.3. The van der Waals surface area contributed by atoms with Crippen molar-refractivity contribution in [2.45, 2.75) is 118 Å². The Morgan fingerprint density at radius 1 is 1.08 bits per heavy atom. The fourth-order valence-electron chi connectivity index (χ4n) is 5.03. The average molecular weight is 539 g/mol. The molecule has 0 saturated heterocycles. The minimum atomic E-state index is -0.971. The number of hydrogen-bond acceptors (Lipinski definition) is 2. The van der Waals surface area contributed by atoms with Crippen molar-refractivity contribution in [3.8, 4) is 11.8 Å². The third-order valence-electron chi connectivity index (χ3n) is 7.06. The van der Waals surface area contributed by atoms with Gasteiger partial charge in [-0.2, -0.15) is 0 Å². The van der Waals surface area contributed by atoms with Crippen molar-refractivity contribution in [1.29, 1.82) is 0 Å². The number of hydrogen-bond donors (Lipinski definition) is 0. The predicted octanol–water partition coefficient (Wildman–Crippen LogP) is 10.5. The second-order valence-electron chi connectivity index (χ2n) is 10.7. The lowest BCUT2D eigenvalue weighted by atomic mass is 9.74. The van der Waals surface area contributed by atoms with Crippen LogP contribution in [0.3, 0.4) is 0 Å². The average Bonchev–Trinajstić information content (AvgIpc) is 2.90. The van der Waals surface area contributed by atoms with Gasteiger partial charge in [-0.1, -0.05) is 72.1 Å². The third-order valence-corrected chi connectivity index (χ3v) is 7.06. The molecule has 0 aromatic heterocycles. The maximum Gasteiger partial charge on any atom is 0.110 e. The molecule has 0 amide bonds. The molecular weight excluding hydrogens is 479 g/mol. The van der Waals surface area contributed by atoms with E-state index in [-0.39, 0.29) is 5.92 Å². The first-order valence-electron chi connectivity index (χ1n) is 15.3. The van der Waals surface area contributed by atoms with Gasteiger partial charge >= 0.3 is 0 Å². The van der Waals surface area contributed by atoms with Crippen molar-refractivity contribution in [1.82, 2.24) is 9.80 Å². The van der Waals surface area contributed by atoms with Gasteiger partial charge in [0.25, 0.3) is 0 Å². The van der Waals surface area contributed by atoms with E-state index in [1.165, 1.54) is 42.5 Å². The van der Waals surface area contributed by atoms with Gasteiger partial charge in [-0.3, -0.25) is 0 Å². The highest BCUT2D eigenvalue weighted by molar-refractivity contribution is 5.54. The fraction of sp³-hybridized carbons (Fsp3) is 0.611. The molecule has 1 fully saturated rings. The molecule has 39 heavy (non-hydrogen) atoms. The van der Waals surface area contributed by atoms with Crippen LogP contribution in [0.1, 0.15) is 112 Å². The van der Waals surface area contributed by atoms with Gasteiger partial charge in [-0.05, 0) is 76.0 Å². The van der Waals surface area contributed by atoms with Gasteiger partial charge < -0.3 is 9.80 Å². The number of rotatable bonds is 13. The van der Waals surface area contributed by atoms with E-state index in [1.54, 1.807) is 6.92 Å². The lowest BCUT2D eigenvalue weighted by Crippen LogP contribution is -2.35. The van der Waals surface area contributed by atoms with Gasteiger partial charge in [0.1, 0.15) is 5.67 Å². The highest BCUT2D eigenvalue weighted by Gasteiger charge is 2.39. The van der Waals surface area contributed by atoms with E-state index < -0.39 is 5.67 Å². The molecule has 2 rings (SSSR count). The van der Waals surface area contributed by atoms with Crippen LogP contribution in [0.4, 0.5) is 4.39 Å². The van der Waals surface area contributed by atoms with Gasteiger partial charge in [0.2, 0.25) is 0 Å². The molecule has 1 heterocycles. The number of halogens is 1. The molecule has 0 N–H and O–H groups in total. The Kier molecular flexibility index (Phi) is 19.1. The van der Waals surface area contributed by atoms with Gasteiger partial charge in [-0.25, -0.2) is 4.39 Å². The van der Waals surface area contributed by atoms with Crippen molar-refractivity contribution in [2.75, 3.05) is 20.1 Å². The third kappa shape index (κ3) is 13.4. The van der Waals surface area contributed by atoms with E-state index in [4.69, 9.17) is 0 Å². The van der Waals surface area contributed by atoms with E-state index >= 15 is 0 Å². The number of unbranched alkanes of at least 4 members (excludes halogenated alkanes) is 5. The van der Waals surface area contributed by atoms with Gasteiger partial charge in [0, 0.05) is 55.6 Å². The van der Waals surface area contributed by atoms with E-state index in [0.717, 1.165) is 56.5 Å². The second-order valence-corrected chi connectivity index (χ2v) is 10.7. The number of allylic oxidation sites excluding steroid dienone is 5. The summed E-state index contributed by atoms with van der Waals surface area (Å²) in [6.07, 6.45) is 17.8. The van der Waals surface area contributed by atoms with Crippen molar-refractivity contribution in [2.24, 2.45) is 5.92 Å². The highest BCUT2D eigenvalue weighted by Crippen LogP contribution is 2.40. The Bertz CT molecular complexity index is 885. The van der Waals surface area contributed by atoms with Crippen LogP contribution < -0.4 is 0 Å². The standard InChI is InChI=1S/C32H49FN2.C2H6.C2H4/c1-8-10-21-35(20-9-2)28(5)31-27(4)23-26(3)19-22-34(7)30(31)18-16-14-12-11-13-15-17-29-24-32(6,33)25-29;2*1-2/h19,22-23,29H,4-5,8-14,16,18,20-21,24-25H2,1-3,6-7H3;1-2H3;1-2H2/b22-19-,26-23-,31-30+;;. The van der Waals surface area contributed by atoms with Crippen LogP contribution in [0.2, 0.25) is 0 Å². The lowest BCUT2D eigenvalue weighted by Gasteiger charge is -2.35. The molecule has 1 aliphatic heterocycles. The SMILES string of the molecule is C=C.C=C1/C=C(C)\C=C/N(C)/C(CCCCCCC#CC2CC(C)(F)C2)=C\1C(=C)N(CCC)CCCC.CC. The molecule has 0 atom stereocenters. The van der Waals surface area contributed by atoms with Crippen LogP contribution in [0.15, 0.2) is 72.8 Å². The van der Waals surface area contributed by atoms with Gasteiger partial charge in [-0.15, -0.1) is 19.1 Å². The Hall–Kier alpha value is -2.47. The first kappa shape index (κ1) is 36.5. The second kappa shape index (κ2) is 20.4. The van der Waals surface area contributed by atoms with Gasteiger partial charge in [0.15, 0.2) is 0 Å². The molecule has 1 saturated carbocycles. The van der Waals surface area contributed by atoms with Crippen molar-refractivity contribution >= 4 is 0 Å². The Labute approximate surface area is 242 Å². The van der Waals surface area contributed by atoms with E-state index in [9.17, 15) is 4.39 Å². The minimum Gasteiger partial charge on any atom is -0.371 e. The highest BCUT2D eigenvalue weighted by atomic mass is 19.1. The first-order chi connectivity index (χ1) is 18.7. The van der Waals surface area contributed by atoms with Gasteiger partial charge in [0.05, 0.1) is 0 Å². The Morgan fingerprint density at radius 2 is 1.72 bits per heavy atom. The number of alkyl halides is 1. The molecule has 0 spiro atoms. The molecule has 0 bridgehead atoms. The summed E-state index contributed by atoms with van der Waals surface area (Å²) < 4.78 is 13.6. The summed E-state index contributed by atoms with van der Waals surface area (Å²) in [6, 6.07) is 0. The van der Waals surface area contributed by atoms with E-state index in [0.29, 0.717) is 12.8 Å². The zero-order chi connectivity index (χ0) is 29.8. The van der Waals surface area contributed by atoms with Crippen LogP contribution in [0.5, 0.6) is 0 Å². The molecule has 2 nitrogen and oxygen atoms in total. The molecule has 2 aliphatic rings. The van der Waals surface area contributed by atoms with Crippen LogP contribution in [0, 0.1) is 17.8 Å². The number of nitrogens with zero attached hydrogens (tertiary/aromatic N) is 2. The smallest absolute Gasteiger partial charge is 0.110 e. The fourth-order valence-corrected chi connectivity index (χ4v) is 5.03. The molecule has 1 aliphatic carbocycles. The summed E-state index contributed by atoms with van der Waals surface area (Å²) in [5.41, 5.74) is 4.94. The summed E-state index contributed by atoms with van der Waals surface area (Å²) in [7, 11) is 2.15. The molecule has 0 radical (unpaired) electrons. The monoisotopic (exact) mass is 538 g/mol. The van der Waals surface area contributed by atoms with Crippen molar-refractivity contribution in [3.05, 3.63) is 72.8 Å². The summed E-state index contributed by atoms with van der Waals surface area (Å²) in [5, 5.41) is 0. The van der Waals surface area contributed by atoms with Crippen LogP contribution in [0.25, 0.3) is 0 Å². The van der Waals surface area contributed by atoms with Crippen LogP contribution in [-0.2, 0) is 0 Å². The van der Waals surface area contributed by atoms with Crippen LogP contribution in [-0.4, -0.2) is 35.6 Å². The summed E-state index contributed by atoms with van der Waals surface area (Å²) in [4.78, 5) is 4.73. The summed E-state index contributed by atoms with van der Waals surface area (Å²) in [6.45, 7) is 29.4. The lowest BCUT2D eigenvalue weighted by molar-refractivity contribution is 0.0520. The van der Waals surface area contributed by atoms with Crippen molar-refractivity contribution in [3.63, 3.8) is 0 Å². The molecule has 0 aromatic carbocycles. The summed E-state index contributed by atoms with van der Waals surface area (Å²) in [5.74, 6) is 6.82. The van der Waals surface area contributed by atoms with E-state index in [2.05, 4.69) is 94.1 Å². The molecule has 0 unspecified atom stereocenters.